The number of carbonyl (C=O) groups is 1. The average molecular weight is 514 g/mol. The summed E-state index contributed by atoms with van der Waals surface area (Å²) in [5, 5.41) is 6.62. The summed E-state index contributed by atoms with van der Waals surface area (Å²) in [6.45, 7) is 5.09. The Morgan fingerprint density at radius 2 is 2.03 bits per heavy atom. The Labute approximate surface area is 221 Å². The maximum atomic E-state index is 12.2. The topological polar surface area (TPSA) is 102 Å². The number of hydrogen-bond donors (Lipinski definition) is 2. The van der Waals surface area contributed by atoms with Gasteiger partial charge in [-0.1, -0.05) is 6.07 Å². The zero-order valence-corrected chi connectivity index (χ0v) is 21.6. The number of furan rings is 1. The van der Waals surface area contributed by atoms with E-state index in [9.17, 15) is 4.79 Å². The number of likely N-dealkylation sites (tertiary alicyclic amines) is 1. The van der Waals surface area contributed by atoms with Crippen molar-refractivity contribution in [2.45, 2.75) is 32.3 Å². The fraction of sp³-hybridized carbons (Fsp3) is 0.345. The molecule has 4 aromatic rings. The van der Waals surface area contributed by atoms with E-state index in [2.05, 4.69) is 25.5 Å². The van der Waals surface area contributed by atoms with E-state index >= 15 is 0 Å². The molecule has 1 aliphatic heterocycles. The molecular formula is C29H31N5O4. The highest BCUT2D eigenvalue weighted by Gasteiger charge is 2.30. The monoisotopic (exact) mass is 513 g/mol. The van der Waals surface area contributed by atoms with Gasteiger partial charge in [0.25, 0.3) is 5.91 Å². The van der Waals surface area contributed by atoms with Crippen LogP contribution in [0.3, 0.4) is 0 Å². The van der Waals surface area contributed by atoms with E-state index in [0.717, 1.165) is 42.3 Å². The number of hydrogen-bond acceptors (Lipinski definition) is 8. The van der Waals surface area contributed by atoms with Crippen molar-refractivity contribution in [2.24, 2.45) is 5.92 Å². The van der Waals surface area contributed by atoms with Crippen LogP contribution in [0, 0.1) is 12.8 Å². The molecule has 2 N–H and O–H groups in total. The average Bonchev–Trinajstić information content (AvgIpc) is 3.51. The van der Waals surface area contributed by atoms with E-state index in [-0.39, 0.29) is 12.0 Å². The van der Waals surface area contributed by atoms with Crippen molar-refractivity contribution < 1.29 is 18.7 Å². The number of nitrogens with one attached hydrogen (secondary N) is 2. The number of aromatic nitrogens is 2. The Morgan fingerprint density at radius 3 is 2.87 bits per heavy atom. The molecule has 1 atom stereocenters. The Hall–Kier alpha value is -4.11. The molecule has 0 spiro atoms. The quantitative estimate of drug-likeness (QED) is 0.311. The number of aryl methyl sites for hydroxylation is 1. The minimum absolute atomic E-state index is 0.185. The third kappa shape index (κ3) is 5.43. The predicted molar refractivity (Wildman–Crippen MR) is 144 cm³/mol. The van der Waals surface area contributed by atoms with E-state index < -0.39 is 0 Å². The van der Waals surface area contributed by atoms with Crippen molar-refractivity contribution in [1.29, 1.82) is 0 Å². The Kier molecular flexibility index (Phi) is 6.59. The van der Waals surface area contributed by atoms with Gasteiger partial charge in [0.15, 0.2) is 0 Å². The van der Waals surface area contributed by atoms with Crippen LogP contribution in [0.15, 0.2) is 59.1 Å². The lowest BCUT2D eigenvalue weighted by Gasteiger charge is -2.17. The van der Waals surface area contributed by atoms with E-state index in [4.69, 9.17) is 13.9 Å². The van der Waals surface area contributed by atoms with Crippen LogP contribution in [0.5, 0.6) is 17.4 Å². The molecule has 0 bridgehead atoms. The van der Waals surface area contributed by atoms with Gasteiger partial charge in [-0.05, 0) is 56.4 Å². The summed E-state index contributed by atoms with van der Waals surface area (Å²) in [5.41, 5.74) is 1.93. The molecule has 38 heavy (non-hydrogen) atoms. The Balaban J connectivity index is 1.11. The number of benzene rings is 2. The van der Waals surface area contributed by atoms with E-state index in [1.54, 1.807) is 38.4 Å². The second kappa shape index (κ2) is 10.3. The van der Waals surface area contributed by atoms with Crippen molar-refractivity contribution in [3.63, 3.8) is 0 Å². The number of ether oxygens (including phenoxy) is 2. The highest BCUT2D eigenvalue weighted by Crippen LogP contribution is 2.32. The van der Waals surface area contributed by atoms with E-state index in [1.165, 1.54) is 19.4 Å². The maximum absolute atomic E-state index is 12.2. The van der Waals surface area contributed by atoms with Crippen molar-refractivity contribution >= 4 is 28.5 Å². The summed E-state index contributed by atoms with van der Waals surface area (Å²) in [6, 6.07) is 14.9. The van der Waals surface area contributed by atoms with Crippen LogP contribution in [0.4, 0.5) is 11.6 Å². The van der Waals surface area contributed by atoms with Gasteiger partial charge in [-0.25, -0.2) is 4.98 Å². The third-order valence-corrected chi connectivity index (χ3v) is 6.98. The molecule has 6 rings (SSSR count). The molecule has 196 valence electrons. The number of fused-ring (bicyclic) bond motifs is 1. The zero-order valence-electron chi connectivity index (χ0n) is 21.6. The van der Waals surface area contributed by atoms with Crippen LogP contribution < -0.4 is 20.1 Å². The fourth-order valence-corrected chi connectivity index (χ4v) is 4.94. The Bertz CT molecular complexity index is 1460. The molecule has 1 saturated heterocycles. The van der Waals surface area contributed by atoms with Gasteiger partial charge >= 0.3 is 0 Å². The first-order valence-corrected chi connectivity index (χ1v) is 13.1. The minimum atomic E-state index is -0.185. The molecule has 2 aliphatic rings. The normalized spacial score (nSPS) is 17.5. The smallest absolute Gasteiger partial charge is 0.255 e. The number of amides is 1. The van der Waals surface area contributed by atoms with Crippen LogP contribution in [-0.2, 0) is 0 Å². The molecule has 1 amide bonds. The fourth-order valence-electron chi connectivity index (χ4n) is 4.94. The first-order valence-electron chi connectivity index (χ1n) is 13.1. The van der Waals surface area contributed by atoms with Crippen LogP contribution in [0.1, 0.15) is 35.4 Å². The summed E-state index contributed by atoms with van der Waals surface area (Å²) in [7, 11) is 1.60. The van der Waals surface area contributed by atoms with Gasteiger partial charge in [0.2, 0.25) is 11.8 Å². The maximum Gasteiger partial charge on any atom is 0.255 e. The van der Waals surface area contributed by atoms with Crippen LogP contribution >= 0.6 is 0 Å². The summed E-state index contributed by atoms with van der Waals surface area (Å²) in [4.78, 5) is 23.5. The zero-order chi connectivity index (χ0) is 26.1. The first kappa shape index (κ1) is 24.2. The van der Waals surface area contributed by atoms with Gasteiger partial charge in [0, 0.05) is 62.2 Å². The standard InChI is InChI=1S/C29H31N5O4/c1-18-27(28(35)30-2)24-9-8-22(15-25(24)36-18)38-26-10-12-31-29(33-26)32-20-4-3-5-21(14-20)37-23-11-13-34(17-23)16-19-6-7-19/h3-5,8-10,12,14-15,19,23H,6-7,11,13,16-17H2,1-2H3,(H,30,35)(H,31,32,33). The first-order chi connectivity index (χ1) is 18.5. The highest BCUT2D eigenvalue weighted by molar-refractivity contribution is 6.07. The molecule has 9 heteroatoms. The molecule has 3 heterocycles. The summed E-state index contributed by atoms with van der Waals surface area (Å²) >= 11 is 0. The lowest BCUT2D eigenvalue weighted by molar-refractivity contribution is 0.0963. The SMILES string of the molecule is CNC(=O)c1c(C)oc2cc(Oc3ccnc(Nc4cccc(OC5CCN(CC6CC6)C5)c4)n3)ccc12. The third-order valence-electron chi connectivity index (χ3n) is 6.98. The molecule has 2 fully saturated rings. The number of rotatable bonds is 9. The van der Waals surface area contributed by atoms with Gasteiger partial charge in [0.05, 0.1) is 5.56 Å². The van der Waals surface area contributed by atoms with Crippen molar-refractivity contribution in [3.8, 4) is 17.4 Å². The van der Waals surface area contributed by atoms with Crippen molar-refractivity contribution in [3.05, 3.63) is 66.1 Å². The second-order valence-corrected chi connectivity index (χ2v) is 9.98. The van der Waals surface area contributed by atoms with E-state index in [1.807, 2.05) is 30.3 Å². The number of carbonyl (C=O) groups excluding carboxylic acids is 1. The van der Waals surface area contributed by atoms with Gasteiger partial charge < -0.3 is 24.5 Å². The molecule has 9 nitrogen and oxygen atoms in total. The molecular weight excluding hydrogens is 482 g/mol. The molecule has 2 aromatic carbocycles. The lowest BCUT2D eigenvalue weighted by atomic mass is 10.1. The molecule has 1 unspecified atom stereocenters. The van der Waals surface area contributed by atoms with E-state index in [0.29, 0.717) is 34.5 Å². The Morgan fingerprint density at radius 1 is 1.13 bits per heavy atom. The summed E-state index contributed by atoms with van der Waals surface area (Å²) < 4.78 is 18.0. The van der Waals surface area contributed by atoms with Gasteiger partial charge in [-0.15, -0.1) is 0 Å². The largest absolute Gasteiger partial charge is 0.489 e. The summed E-state index contributed by atoms with van der Waals surface area (Å²) in [5.74, 6) is 3.44. The minimum Gasteiger partial charge on any atom is -0.489 e. The number of anilines is 2. The molecule has 2 aromatic heterocycles. The highest BCUT2D eigenvalue weighted by atomic mass is 16.5. The van der Waals surface area contributed by atoms with Crippen molar-refractivity contribution in [1.82, 2.24) is 20.2 Å². The van der Waals surface area contributed by atoms with Crippen LogP contribution in [0.2, 0.25) is 0 Å². The van der Waals surface area contributed by atoms with Gasteiger partial charge in [-0.2, -0.15) is 4.98 Å². The van der Waals surface area contributed by atoms with Crippen molar-refractivity contribution in [2.75, 3.05) is 32.0 Å². The molecule has 0 radical (unpaired) electrons. The second-order valence-electron chi connectivity index (χ2n) is 9.98. The molecule has 1 aliphatic carbocycles. The van der Waals surface area contributed by atoms with Crippen LogP contribution in [-0.4, -0.2) is 53.6 Å². The van der Waals surface area contributed by atoms with Gasteiger partial charge in [0.1, 0.15) is 28.9 Å². The summed E-state index contributed by atoms with van der Waals surface area (Å²) in [6.07, 6.45) is 5.67. The molecule has 1 saturated carbocycles. The number of nitrogens with zero attached hydrogens (tertiary/aromatic N) is 3. The predicted octanol–water partition coefficient (Wildman–Crippen LogP) is 5.29. The van der Waals surface area contributed by atoms with Gasteiger partial charge in [-0.3, -0.25) is 9.69 Å². The lowest BCUT2D eigenvalue weighted by Crippen LogP contribution is -2.26. The van der Waals surface area contributed by atoms with Crippen LogP contribution in [0.25, 0.3) is 11.0 Å².